The van der Waals surface area contributed by atoms with Crippen LogP contribution in [0, 0.1) is 0 Å². The lowest BCUT2D eigenvalue weighted by molar-refractivity contribution is 0.211. The molecule has 5 rings (SSSR count). The van der Waals surface area contributed by atoms with Gasteiger partial charge in [-0.2, -0.15) is 4.98 Å². The highest BCUT2D eigenvalue weighted by Crippen LogP contribution is 2.31. The topological polar surface area (TPSA) is 155 Å². The maximum atomic E-state index is 13.2. The van der Waals surface area contributed by atoms with Gasteiger partial charge in [0.15, 0.2) is 11.0 Å². The van der Waals surface area contributed by atoms with E-state index in [0.29, 0.717) is 41.9 Å². The molecule has 0 aliphatic carbocycles. The van der Waals surface area contributed by atoms with Gasteiger partial charge in [0.1, 0.15) is 4.90 Å². The van der Waals surface area contributed by atoms with E-state index < -0.39 is 10.0 Å². The second-order valence-corrected chi connectivity index (χ2v) is 14.1. The smallest absolute Gasteiger partial charge is 0.321 e. The van der Waals surface area contributed by atoms with Crippen LogP contribution in [0.25, 0.3) is 21.3 Å². The van der Waals surface area contributed by atoms with Crippen molar-refractivity contribution in [3.8, 4) is 11.1 Å². The number of pyridine rings is 1. The van der Waals surface area contributed by atoms with Crippen molar-refractivity contribution in [2.45, 2.75) is 63.3 Å². The first kappa shape index (κ1) is 30.0. The Hall–Kier alpha value is -3.46. The molecule has 1 fully saturated rings. The Labute approximate surface area is 249 Å². The number of nitrogens with zero attached hydrogens (tertiary/aromatic N) is 5. The van der Waals surface area contributed by atoms with Gasteiger partial charge in [0, 0.05) is 48.9 Å². The van der Waals surface area contributed by atoms with Crippen molar-refractivity contribution >= 4 is 42.7 Å². The zero-order valence-electron chi connectivity index (χ0n) is 24.2. The number of fused-ring (bicyclic) bond motifs is 1. The molecular formula is C28H36N8O4S2. The lowest BCUT2D eigenvalue weighted by Crippen LogP contribution is -2.47. The second kappa shape index (κ2) is 12.4. The number of carbonyl (C=O) groups excluding carboxylic acids is 1. The van der Waals surface area contributed by atoms with E-state index in [2.05, 4.69) is 47.3 Å². The second-order valence-electron chi connectivity index (χ2n) is 11.4. The molecule has 0 bridgehead atoms. The molecule has 0 saturated carbocycles. The third kappa shape index (κ3) is 7.30. The molecule has 1 saturated heterocycles. The lowest BCUT2D eigenvalue weighted by Gasteiger charge is -2.32. The summed E-state index contributed by atoms with van der Waals surface area (Å²) in [5.74, 6) is 1.09. The fraction of sp³-hybridized carbons (Fsp3) is 0.464. The largest absolute Gasteiger partial charge is 0.339 e. The van der Waals surface area contributed by atoms with Crippen LogP contribution in [0.5, 0.6) is 0 Å². The number of anilines is 1. The molecule has 1 aromatic carbocycles. The molecule has 0 spiro atoms. The zero-order chi connectivity index (χ0) is 29.9. The minimum Gasteiger partial charge on any atom is -0.339 e. The Morgan fingerprint density at radius 1 is 1.17 bits per heavy atom. The maximum absolute atomic E-state index is 13.2. The fourth-order valence-corrected chi connectivity index (χ4v) is 6.85. The molecular weight excluding hydrogens is 576 g/mol. The fourth-order valence-electron chi connectivity index (χ4n) is 4.70. The zero-order valence-corrected chi connectivity index (χ0v) is 25.8. The Balaban J connectivity index is 1.21. The molecule has 0 radical (unpaired) electrons. The lowest BCUT2D eigenvalue weighted by atomic mass is 9.97. The number of sulfonamides is 1. The molecule has 224 valence electrons. The summed E-state index contributed by atoms with van der Waals surface area (Å²) < 4.78 is 35.3. The third-order valence-corrected chi connectivity index (χ3v) is 9.41. The summed E-state index contributed by atoms with van der Waals surface area (Å²) in [4.78, 5) is 27.9. The van der Waals surface area contributed by atoms with Crippen LogP contribution in [-0.2, 0) is 21.9 Å². The molecule has 3 aromatic heterocycles. The Morgan fingerprint density at radius 3 is 2.76 bits per heavy atom. The standard InChI is InChI=1S/C28H36N8O4S2/c1-5-36-12-6-7-20(17-36)35-42(38,39)21-13-19(15-29-16-21)18-8-9-22-23(14-18)41-27(31-22)33-26(37)30-11-10-24-32-25(40-34-24)28(2,3)4/h8-9,13-16,20,35H,5-7,10-12,17H2,1-4H3,(H2,30,31,33,37). The predicted molar refractivity (Wildman–Crippen MR) is 162 cm³/mol. The molecule has 1 atom stereocenters. The number of rotatable bonds is 9. The van der Waals surface area contributed by atoms with Gasteiger partial charge in [-0.1, -0.05) is 50.3 Å². The van der Waals surface area contributed by atoms with Gasteiger partial charge in [0.25, 0.3) is 0 Å². The van der Waals surface area contributed by atoms with E-state index in [4.69, 9.17) is 4.52 Å². The third-order valence-electron chi connectivity index (χ3n) is 6.98. The summed E-state index contributed by atoms with van der Waals surface area (Å²) in [5, 5.41) is 9.97. The number of hydrogen-bond donors (Lipinski definition) is 3. The SMILES string of the molecule is CCN1CCCC(NS(=O)(=O)c2cncc(-c3ccc4nc(NC(=O)NCCc5noc(C(C)(C)C)n5)sc4c3)c2)C1. The molecule has 1 unspecified atom stereocenters. The van der Waals surface area contributed by atoms with Gasteiger partial charge in [-0.3, -0.25) is 10.3 Å². The first-order chi connectivity index (χ1) is 20.0. The van der Waals surface area contributed by atoms with Gasteiger partial charge < -0.3 is 14.7 Å². The first-order valence-electron chi connectivity index (χ1n) is 14.0. The van der Waals surface area contributed by atoms with Crippen LogP contribution in [0.15, 0.2) is 46.1 Å². The van der Waals surface area contributed by atoms with Crippen LogP contribution in [0.3, 0.4) is 0 Å². The van der Waals surface area contributed by atoms with Crippen molar-refractivity contribution in [3.05, 3.63) is 48.4 Å². The molecule has 3 N–H and O–H groups in total. The quantitative estimate of drug-likeness (QED) is 0.253. The predicted octanol–water partition coefficient (Wildman–Crippen LogP) is 4.17. The highest BCUT2D eigenvalue weighted by Gasteiger charge is 2.25. The number of hydrogen-bond acceptors (Lipinski definition) is 10. The minimum absolute atomic E-state index is 0.121. The molecule has 12 nitrogen and oxygen atoms in total. The number of likely N-dealkylation sites (N-methyl/N-ethyl adjacent to an activating group) is 1. The number of amides is 2. The van der Waals surface area contributed by atoms with Crippen molar-refractivity contribution < 1.29 is 17.7 Å². The number of thiazole rings is 1. The van der Waals surface area contributed by atoms with E-state index in [0.717, 1.165) is 41.7 Å². The van der Waals surface area contributed by atoms with Gasteiger partial charge in [-0.25, -0.2) is 22.9 Å². The van der Waals surface area contributed by atoms with Crippen molar-refractivity contribution in [1.82, 2.24) is 35.0 Å². The van der Waals surface area contributed by atoms with E-state index >= 15 is 0 Å². The molecule has 1 aliphatic heterocycles. The number of nitrogens with one attached hydrogen (secondary N) is 3. The van der Waals surface area contributed by atoms with E-state index in [1.54, 1.807) is 12.3 Å². The molecule has 4 aromatic rings. The average molecular weight is 613 g/mol. The van der Waals surface area contributed by atoms with Crippen LogP contribution < -0.4 is 15.4 Å². The average Bonchev–Trinajstić information content (AvgIpc) is 3.59. The van der Waals surface area contributed by atoms with Crippen LogP contribution in [0.2, 0.25) is 0 Å². The summed E-state index contributed by atoms with van der Waals surface area (Å²) in [5.41, 5.74) is 1.96. The van der Waals surface area contributed by atoms with Gasteiger partial charge in [0.2, 0.25) is 15.9 Å². The summed E-state index contributed by atoms with van der Waals surface area (Å²) in [7, 11) is -3.72. The number of benzene rings is 1. The summed E-state index contributed by atoms with van der Waals surface area (Å²) in [6.07, 6.45) is 5.23. The van der Waals surface area contributed by atoms with Gasteiger partial charge >= 0.3 is 6.03 Å². The van der Waals surface area contributed by atoms with Gasteiger partial charge in [0.05, 0.1) is 10.2 Å². The van der Waals surface area contributed by atoms with Crippen LogP contribution >= 0.6 is 11.3 Å². The molecule has 1 aliphatic rings. The van der Waals surface area contributed by atoms with Crippen molar-refractivity contribution in [3.63, 3.8) is 0 Å². The number of urea groups is 1. The molecule has 42 heavy (non-hydrogen) atoms. The van der Waals surface area contributed by atoms with Crippen LogP contribution in [-0.4, -0.2) is 71.7 Å². The van der Waals surface area contributed by atoms with Crippen molar-refractivity contribution in [2.75, 3.05) is 31.5 Å². The van der Waals surface area contributed by atoms with E-state index in [1.165, 1.54) is 17.5 Å². The van der Waals surface area contributed by atoms with Crippen molar-refractivity contribution in [1.29, 1.82) is 0 Å². The van der Waals surface area contributed by atoms with Crippen LogP contribution in [0.4, 0.5) is 9.93 Å². The Morgan fingerprint density at radius 2 is 2.00 bits per heavy atom. The summed E-state index contributed by atoms with van der Waals surface area (Å²) in [6.45, 7) is 11.0. The van der Waals surface area contributed by atoms with Gasteiger partial charge in [-0.05, 0) is 49.7 Å². The monoisotopic (exact) mass is 612 g/mol. The van der Waals surface area contributed by atoms with E-state index in [9.17, 15) is 13.2 Å². The van der Waals surface area contributed by atoms with E-state index in [-0.39, 0.29) is 22.4 Å². The summed E-state index contributed by atoms with van der Waals surface area (Å²) in [6, 6.07) is 6.75. The summed E-state index contributed by atoms with van der Waals surface area (Å²) >= 11 is 1.33. The maximum Gasteiger partial charge on any atom is 0.321 e. The molecule has 4 heterocycles. The minimum atomic E-state index is -3.72. The first-order valence-corrected chi connectivity index (χ1v) is 16.3. The van der Waals surface area contributed by atoms with E-state index in [1.807, 2.05) is 39.0 Å². The Kier molecular flexibility index (Phi) is 8.87. The highest BCUT2D eigenvalue weighted by atomic mass is 32.2. The highest BCUT2D eigenvalue weighted by molar-refractivity contribution is 7.89. The number of likely N-dealkylation sites (tertiary alicyclic amines) is 1. The molecule has 2 amide bonds. The van der Waals surface area contributed by atoms with Gasteiger partial charge in [-0.15, -0.1) is 0 Å². The van der Waals surface area contributed by atoms with Crippen LogP contribution in [0.1, 0.15) is 52.3 Å². The number of carbonyl (C=O) groups is 1. The van der Waals surface area contributed by atoms with Crippen molar-refractivity contribution in [2.24, 2.45) is 0 Å². The number of aromatic nitrogens is 4. The molecule has 14 heteroatoms. The Bertz CT molecular complexity index is 1660. The normalized spacial score (nSPS) is 16.5. The number of piperidine rings is 1.